The maximum atomic E-state index is 10.7. The quantitative estimate of drug-likeness (QED) is 0.599. The molecule has 0 aromatic heterocycles. The molecule has 0 radical (unpaired) electrons. The van der Waals surface area contributed by atoms with Crippen LogP contribution in [0.25, 0.3) is 0 Å². The summed E-state index contributed by atoms with van der Waals surface area (Å²) < 4.78 is 5.27. The molecule has 1 aromatic rings. The number of benzene rings is 1. The van der Waals surface area contributed by atoms with Gasteiger partial charge in [-0.15, -0.1) is 0 Å². The van der Waals surface area contributed by atoms with Crippen LogP contribution in [0.1, 0.15) is 12.0 Å². The summed E-state index contributed by atoms with van der Waals surface area (Å²) in [4.78, 5) is 12.3. The molecule has 18 heavy (non-hydrogen) atoms. The van der Waals surface area contributed by atoms with E-state index in [1.165, 1.54) is 6.07 Å². The van der Waals surface area contributed by atoms with Crippen molar-refractivity contribution in [2.45, 2.75) is 12.5 Å². The smallest absolute Gasteiger partial charge is 0.287 e. The fourth-order valence-corrected chi connectivity index (χ4v) is 2.12. The van der Waals surface area contributed by atoms with E-state index in [1.807, 2.05) is 6.07 Å². The van der Waals surface area contributed by atoms with Crippen molar-refractivity contribution >= 4 is 11.4 Å². The lowest BCUT2D eigenvalue weighted by Crippen LogP contribution is -2.22. The van der Waals surface area contributed by atoms with Gasteiger partial charge in [0.25, 0.3) is 5.69 Å². The number of nitriles is 1. The van der Waals surface area contributed by atoms with Gasteiger partial charge < -0.3 is 9.64 Å². The average Bonchev–Trinajstić information content (AvgIpc) is 2.86. The number of nitro groups is 1. The second kappa shape index (κ2) is 5.02. The minimum atomic E-state index is -0.537. The first-order valence-corrected chi connectivity index (χ1v) is 5.62. The van der Waals surface area contributed by atoms with Crippen LogP contribution < -0.4 is 4.90 Å². The third-order valence-corrected chi connectivity index (χ3v) is 3.14. The molecule has 0 bridgehead atoms. The Morgan fingerprint density at radius 3 is 2.94 bits per heavy atom. The van der Waals surface area contributed by atoms with Crippen LogP contribution in [-0.2, 0) is 4.74 Å². The lowest BCUT2D eigenvalue weighted by molar-refractivity contribution is -0.385. The van der Waals surface area contributed by atoms with Gasteiger partial charge in [0, 0.05) is 32.0 Å². The normalized spacial score (nSPS) is 18.7. The highest BCUT2D eigenvalue weighted by Crippen LogP contribution is 2.27. The van der Waals surface area contributed by atoms with Crippen LogP contribution in [0.5, 0.6) is 0 Å². The van der Waals surface area contributed by atoms with Crippen molar-refractivity contribution in [3.8, 4) is 6.07 Å². The summed E-state index contributed by atoms with van der Waals surface area (Å²) in [7, 11) is 1.67. The Morgan fingerprint density at radius 1 is 1.61 bits per heavy atom. The van der Waals surface area contributed by atoms with E-state index in [-0.39, 0.29) is 17.4 Å². The minimum Gasteiger partial charge on any atom is -0.380 e. The molecule has 0 saturated carbocycles. The Kier molecular flexibility index (Phi) is 3.44. The first kappa shape index (κ1) is 12.3. The molecule has 1 unspecified atom stereocenters. The molecule has 0 amide bonds. The van der Waals surface area contributed by atoms with E-state index in [1.54, 1.807) is 19.2 Å². The Morgan fingerprint density at radius 2 is 2.39 bits per heavy atom. The Balaban J connectivity index is 2.26. The van der Waals surface area contributed by atoms with E-state index in [2.05, 4.69) is 4.90 Å². The maximum Gasteiger partial charge on any atom is 0.287 e. The summed E-state index contributed by atoms with van der Waals surface area (Å²) in [5, 5.41) is 19.7. The third kappa shape index (κ3) is 2.26. The second-order valence-electron chi connectivity index (χ2n) is 4.16. The molecule has 2 rings (SSSR count). The van der Waals surface area contributed by atoms with Crippen molar-refractivity contribution in [2.75, 3.05) is 25.1 Å². The van der Waals surface area contributed by atoms with Crippen molar-refractivity contribution in [3.05, 3.63) is 33.9 Å². The van der Waals surface area contributed by atoms with Crippen LogP contribution in [0.15, 0.2) is 18.2 Å². The summed E-state index contributed by atoms with van der Waals surface area (Å²) >= 11 is 0. The Hall–Kier alpha value is -2.13. The highest BCUT2D eigenvalue weighted by Gasteiger charge is 2.24. The first-order valence-electron chi connectivity index (χ1n) is 5.62. The van der Waals surface area contributed by atoms with E-state index in [0.717, 1.165) is 25.2 Å². The van der Waals surface area contributed by atoms with Crippen LogP contribution in [-0.4, -0.2) is 31.2 Å². The summed E-state index contributed by atoms with van der Waals surface area (Å²) in [6.07, 6.45) is 1.11. The van der Waals surface area contributed by atoms with Crippen molar-refractivity contribution in [1.29, 1.82) is 5.26 Å². The fraction of sp³-hybridized carbons (Fsp3) is 0.417. The van der Waals surface area contributed by atoms with Gasteiger partial charge in [-0.1, -0.05) is 0 Å². The molecule has 6 nitrogen and oxygen atoms in total. The van der Waals surface area contributed by atoms with Gasteiger partial charge in [0.1, 0.15) is 11.6 Å². The van der Waals surface area contributed by atoms with E-state index in [0.29, 0.717) is 0 Å². The molecular weight excluding hydrogens is 234 g/mol. The summed E-state index contributed by atoms with van der Waals surface area (Å²) in [6, 6.07) is 6.49. The van der Waals surface area contributed by atoms with E-state index in [4.69, 9.17) is 10.00 Å². The van der Waals surface area contributed by atoms with E-state index >= 15 is 0 Å². The van der Waals surface area contributed by atoms with Gasteiger partial charge in [-0.05, 0) is 18.6 Å². The Bertz CT molecular complexity index is 510. The molecular formula is C12H13N3O3. The van der Waals surface area contributed by atoms with Crippen molar-refractivity contribution in [1.82, 2.24) is 0 Å². The number of hydrogen-bond donors (Lipinski definition) is 0. The van der Waals surface area contributed by atoms with Gasteiger partial charge in [-0.25, -0.2) is 0 Å². The van der Waals surface area contributed by atoms with Gasteiger partial charge in [0.2, 0.25) is 0 Å². The number of nitro benzene ring substituents is 1. The monoisotopic (exact) mass is 247 g/mol. The standard InChI is InChI=1S/C12H13N3O3/c1-18-11-4-5-14(8-11)10-2-3-12(15(16)17)9(6-10)7-13/h2-3,6,11H,4-5,8H2,1H3. The van der Waals surface area contributed by atoms with Gasteiger partial charge in [-0.2, -0.15) is 5.26 Å². The molecule has 0 aliphatic carbocycles. The zero-order valence-corrected chi connectivity index (χ0v) is 10.00. The van der Waals surface area contributed by atoms with Gasteiger partial charge >= 0.3 is 0 Å². The first-order chi connectivity index (χ1) is 8.65. The Labute approximate surface area is 105 Å². The van der Waals surface area contributed by atoms with Gasteiger partial charge in [0.15, 0.2) is 0 Å². The predicted octanol–water partition coefficient (Wildman–Crippen LogP) is 1.69. The van der Waals surface area contributed by atoms with Crippen LogP contribution in [0.4, 0.5) is 11.4 Å². The number of nitrogens with zero attached hydrogens (tertiary/aromatic N) is 3. The molecule has 1 heterocycles. The predicted molar refractivity (Wildman–Crippen MR) is 65.4 cm³/mol. The van der Waals surface area contributed by atoms with Gasteiger partial charge in [-0.3, -0.25) is 10.1 Å². The number of ether oxygens (including phenoxy) is 1. The van der Waals surface area contributed by atoms with Crippen LogP contribution in [0.3, 0.4) is 0 Å². The van der Waals surface area contributed by atoms with E-state index < -0.39 is 4.92 Å². The minimum absolute atomic E-state index is 0.0957. The van der Waals surface area contributed by atoms with Crippen LogP contribution in [0.2, 0.25) is 0 Å². The summed E-state index contributed by atoms with van der Waals surface area (Å²) in [5.41, 5.74) is 0.777. The van der Waals surface area contributed by atoms with Crippen molar-refractivity contribution < 1.29 is 9.66 Å². The highest BCUT2D eigenvalue weighted by molar-refractivity contribution is 5.60. The number of rotatable bonds is 3. The van der Waals surface area contributed by atoms with Crippen LogP contribution >= 0.6 is 0 Å². The number of methoxy groups -OCH3 is 1. The molecule has 1 saturated heterocycles. The van der Waals surface area contributed by atoms with Crippen LogP contribution in [0, 0.1) is 21.4 Å². The number of anilines is 1. The molecule has 0 N–H and O–H groups in total. The van der Waals surface area contributed by atoms with Gasteiger partial charge in [0.05, 0.1) is 11.0 Å². The zero-order chi connectivity index (χ0) is 13.1. The average molecular weight is 247 g/mol. The number of hydrogen-bond acceptors (Lipinski definition) is 5. The summed E-state index contributed by atoms with van der Waals surface area (Å²) in [5.74, 6) is 0. The molecule has 1 aliphatic heterocycles. The lowest BCUT2D eigenvalue weighted by atomic mass is 10.1. The molecule has 0 spiro atoms. The molecule has 1 fully saturated rings. The van der Waals surface area contributed by atoms with Crippen molar-refractivity contribution in [2.24, 2.45) is 0 Å². The summed E-state index contributed by atoms with van der Waals surface area (Å²) in [6.45, 7) is 1.58. The molecule has 1 atom stereocenters. The second-order valence-corrected chi connectivity index (χ2v) is 4.16. The molecule has 1 aliphatic rings. The SMILES string of the molecule is COC1CCN(c2ccc([N+](=O)[O-])c(C#N)c2)C1. The zero-order valence-electron chi connectivity index (χ0n) is 10.00. The van der Waals surface area contributed by atoms with Crippen molar-refractivity contribution in [3.63, 3.8) is 0 Å². The molecule has 94 valence electrons. The highest BCUT2D eigenvalue weighted by atomic mass is 16.6. The third-order valence-electron chi connectivity index (χ3n) is 3.14. The molecule has 1 aromatic carbocycles. The maximum absolute atomic E-state index is 10.7. The lowest BCUT2D eigenvalue weighted by Gasteiger charge is -2.18. The fourth-order valence-electron chi connectivity index (χ4n) is 2.12. The largest absolute Gasteiger partial charge is 0.380 e. The molecule has 6 heteroatoms. The topological polar surface area (TPSA) is 79.4 Å². The van der Waals surface area contributed by atoms with E-state index in [9.17, 15) is 10.1 Å².